The first-order valence-corrected chi connectivity index (χ1v) is 6.75. The molecule has 20 heavy (non-hydrogen) atoms. The Balaban J connectivity index is 2.13. The van der Waals surface area contributed by atoms with Gasteiger partial charge >= 0.3 is 0 Å². The standard InChI is InChI=1S/C18H20N2/c1-15-6-3-10-18(12-15)20(2)14-17-8-4-7-16(13-17)9-5-11-19/h3-4,6-8,10,12-13H,11,14,19H2,1-2H3. The van der Waals surface area contributed by atoms with E-state index < -0.39 is 0 Å². The van der Waals surface area contributed by atoms with Gasteiger partial charge in [-0.05, 0) is 42.3 Å². The zero-order chi connectivity index (χ0) is 14.4. The summed E-state index contributed by atoms with van der Waals surface area (Å²) in [6.07, 6.45) is 0. The summed E-state index contributed by atoms with van der Waals surface area (Å²) in [5.41, 5.74) is 10.2. The lowest BCUT2D eigenvalue weighted by Crippen LogP contribution is -2.16. The molecule has 2 nitrogen and oxygen atoms in total. The van der Waals surface area contributed by atoms with Crippen LogP contribution in [0.3, 0.4) is 0 Å². The topological polar surface area (TPSA) is 29.3 Å². The minimum Gasteiger partial charge on any atom is -0.370 e. The van der Waals surface area contributed by atoms with Gasteiger partial charge in [-0.3, -0.25) is 0 Å². The number of nitrogens with two attached hydrogens (primary N) is 1. The summed E-state index contributed by atoms with van der Waals surface area (Å²) in [6, 6.07) is 16.8. The maximum Gasteiger partial charge on any atom is 0.0555 e. The number of rotatable bonds is 3. The third kappa shape index (κ3) is 3.88. The van der Waals surface area contributed by atoms with Crippen LogP contribution >= 0.6 is 0 Å². The normalized spacial score (nSPS) is 9.75. The molecule has 0 unspecified atom stereocenters. The molecule has 0 aliphatic heterocycles. The molecule has 0 aliphatic carbocycles. The van der Waals surface area contributed by atoms with Gasteiger partial charge in [-0.2, -0.15) is 0 Å². The van der Waals surface area contributed by atoms with E-state index in [2.05, 4.69) is 67.1 Å². The highest BCUT2D eigenvalue weighted by atomic mass is 15.1. The Morgan fingerprint density at radius 3 is 2.65 bits per heavy atom. The van der Waals surface area contributed by atoms with Crippen LogP contribution in [0.2, 0.25) is 0 Å². The zero-order valence-corrected chi connectivity index (χ0v) is 12.1. The SMILES string of the molecule is Cc1cccc(N(C)Cc2cccc(C#CCN)c2)c1. The number of hydrogen-bond donors (Lipinski definition) is 1. The molecular weight excluding hydrogens is 244 g/mol. The third-order valence-electron chi connectivity index (χ3n) is 3.12. The van der Waals surface area contributed by atoms with E-state index in [4.69, 9.17) is 5.73 Å². The number of hydrogen-bond acceptors (Lipinski definition) is 2. The fraction of sp³-hybridized carbons (Fsp3) is 0.222. The van der Waals surface area contributed by atoms with E-state index in [1.54, 1.807) is 0 Å². The van der Waals surface area contributed by atoms with Gasteiger partial charge in [0.2, 0.25) is 0 Å². The monoisotopic (exact) mass is 264 g/mol. The van der Waals surface area contributed by atoms with Crippen molar-refractivity contribution in [3.8, 4) is 11.8 Å². The van der Waals surface area contributed by atoms with Crippen molar-refractivity contribution >= 4 is 5.69 Å². The Morgan fingerprint density at radius 1 is 1.10 bits per heavy atom. The number of benzene rings is 2. The molecule has 2 heteroatoms. The summed E-state index contributed by atoms with van der Waals surface area (Å²) in [5.74, 6) is 5.96. The van der Waals surface area contributed by atoms with Crippen LogP contribution in [0, 0.1) is 18.8 Å². The molecule has 0 aromatic heterocycles. The van der Waals surface area contributed by atoms with Crippen molar-refractivity contribution in [2.24, 2.45) is 5.73 Å². The highest BCUT2D eigenvalue weighted by Gasteiger charge is 2.02. The van der Waals surface area contributed by atoms with Gasteiger partial charge in [0, 0.05) is 24.8 Å². The first-order valence-electron chi connectivity index (χ1n) is 6.75. The van der Waals surface area contributed by atoms with Gasteiger partial charge in [0.05, 0.1) is 6.54 Å². The van der Waals surface area contributed by atoms with Gasteiger partial charge in [0.15, 0.2) is 0 Å². The number of anilines is 1. The van der Waals surface area contributed by atoms with Crippen molar-refractivity contribution in [2.45, 2.75) is 13.5 Å². The summed E-state index contributed by atoms with van der Waals surface area (Å²) in [4.78, 5) is 2.24. The second-order valence-electron chi connectivity index (χ2n) is 4.90. The van der Waals surface area contributed by atoms with Crippen molar-refractivity contribution in [3.05, 3.63) is 65.2 Å². The molecule has 0 aliphatic rings. The van der Waals surface area contributed by atoms with Crippen molar-refractivity contribution in [1.82, 2.24) is 0 Å². The molecule has 0 heterocycles. The van der Waals surface area contributed by atoms with Crippen LogP contribution in [-0.4, -0.2) is 13.6 Å². The largest absolute Gasteiger partial charge is 0.370 e. The molecule has 0 fully saturated rings. The number of aryl methyl sites for hydroxylation is 1. The van der Waals surface area contributed by atoms with Crippen LogP contribution in [0.4, 0.5) is 5.69 Å². The smallest absolute Gasteiger partial charge is 0.0555 e. The van der Waals surface area contributed by atoms with Gasteiger partial charge in [-0.15, -0.1) is 0 Å². The summed E-state index contributed by atoms with van der Waals surface area (Å²) >= 11 is 0. The molecule has 2 aromatic rings. The van der Waals surface area contributed by atoms with E-state index in [1.165, 1.54) is 16.8 Å². The second-order valence-corrected chi connectivity index (χ2v) is 4.90. The number of nitrogens with zero attached hydrogens (tertiary/aromatic N) is 1. The van der Waals surface area contributed by atoms with E-state index in [9.17, 15) is 0 Å². The van der Waals surface area contributed by atoms with Crippen LogP contribution < -0.4 is 10.6 Å². The first-order chi connectivity index (χ1) is 9.69. The molecule has 2 aromatic carbocycles. The highest BCUT2D eigenvalue weighted by molar-refractivity contribution is 5.48. The lowest BCUT2D eigenvalue weighted by molar-refractivity contribution is 0.921. The maximum absolute atomic E-state index is 5.40. The molecule has 0 saturated heterocycles. The molecule has 0 radical (unpaired) electrons. The highest BCUT2D eigenvalue weighted by Crippen LogP contribution is 2.17. The molecule has 2 rings (SSSR count). The van der Waals surface area contributed by atoms with E-state index in [1.807, 2.05) is 12.1 Å². The maximum atomic E-state index is 5.40. The molecule has 0 atom stereocenters. The Hall–Kier alpha value is -2.24. The van der Waals surface area contributed by atoms with Gasteiger partial charge in [0.1, 0.15) is 0 Å². The molecule has 2 N–H and O–H groups in total. The van der Waals surface area contributed by atoms with Crippen molar-refractivity contribution in [3.63, 3.8) is 0 Å². The quantitative estimate of drug-likeness (QED) is 0.864. The van der Waals surface area contributed by atoms with Crippen LogP contribution in [0.25, 0.3) is 0 Å². The second kappa shape index (κ2) is 6.79. The third-order valence-corrected chi connectivity index (χ3v) is 3.12. The van der Waals surface area contributed by atoms with Gasteiger partial charge in [-0.25, -0.2) is 0 Å². The fourth-order valence-corrected chi connectivity index (χ4v) is 2.13. The fourth-order valence-electron chi connectivity index (χ4n) is 2.13. The van der Waals surface area contributed by atoms with E-state index in [0.717, 1.165) is 12.1 Å². The Kier molecular flexibility index (Phi) is 4.81. The zero-order valence-electron chi connectivity index (χ0n) is 12.1. The molecule has 102 valence electrons. The molecular formula is C18H20N2. The van der Waals surface area contributed by atoms with E-state index in [0.29, 0.717) is 6.54 Å². The average Bonchev–Trinajstić information content (AvgIpc) is 2.45. The lowest BCUT2D eigenvalue weighted by atomic mass is 10.1. The molecule has 0 spiro atoms. The molecule has 0 amide bonds. The lowest BCUT2D eigenvalue weighted by Gasteiger charge is -2.20. The van der Waals surface area contributed by atoms with Crippen molar-refractivity contribution in [1.29, 1.82) is 0 Å². The van der Waals surface area contributed by atoms with Crippen LogP contribution in [0.1, 0.15) is 16.7 Å². The molecule has 0 bridgehead atoms. The Bertz CT molecular complexity index is 635. The minimum atomic E-state index is 0.396. The van der Waals surface area contributed by atoms with Crippen molar-refractivity contribution in [2.75, 3.05) is 18.5 Å². The van der Waals surface area contributed by atoms with Crippen LogP contribution in [0.15, 0.2) is 48.5 Å². The predicted octanol–water partition coefficient (Wildman–Crippen LogP) is 2.94. The van der Waals surface area contributed by atoms with Crippen molar-refractivity contribution < 1.29 is 0 Å². The first kappa shape index (κ1) is 14.2. The van der Waals surface area contributed by atoms with Gasteiger partial charge in [0.25, 0.3) is 0 Å². The van der Waals surface area contributed by atoms with E-state index in [-0.39, 0.29) is 0 Å². The molecule has 0 saturated carbocycles. The summed E-state index contributed by atoms with van der Waals surface area (Å²) < 4.78 is 0. The van der Waals surface area contributed by atoms with E-state index >= 15 is 0 Å². The minimum absolute atomic E-state index is 0.396. The van der Waals surface area contributed by atoms with Gasteiger partial charge < -0.3 is 10.6 Å². The Morgan fingerprint density at radius 2 is 1.90 bits per heavy atom. The summed E-state index contributed by atoms with van der Waals surface area (Å²) in [5, 5.41) is 0. The Labute approximate surface area is 121 Å². The average molecular weight is 264 g/mol. The van der Waals surface area contributed by atoms with Crippen LogP contribution in [0.5, 0.6) is 0 Å². The summed E-state index contributed by atoms with van der Waals surface area (Å²) in [6.45, 7) is 3.37. The van der Waals surface area contributed by atoms with Gasteiger partial charge in [-0.1, -0.05) is 36.1 Å². The predicted molar refractivity (Wildman–Crippen MR) is 85.7 cm³/mol. The summed E-state index contributed by atoms with van der Waals surface area (Å²) in [7, 11) is 2.10. The van der Waals surface area contributed by atoms with Crippen LogP contribution in [-0.2, 0) is 6.54 Å².